The van der Waals surface area contributed by atoms with E-state index < -0.39 is 23.0 Å². The average Bonchev–Trinajstić information content (AvgIpc) is 2.50. The fourth-order valence-corrected chi connectivity index (χ4v) is 2.92. The number of carboxylic acids is 1. The van der Waals surface area contributed by atoms with E-state index >= 15 is 0 Å². The fourth-order valence-electron chi connectivity index (χ4n) is 2.92. The third-order valence-corrected chi connectivity index (χ3v) is 4.70. The van der Waals surface area contributed by atoms with Crippen LogP contribution in [0.5, 0.6) is 0 Å². The predicted octanol–water partition coefficient (Wildman–Crippen LogP) is 2.86. The Kier molecular flexibility index (Phi) is 5.02. The fraction of sp³-hybridized carbons (Fsp3) is 0.529. The minimum atomic E-state index is -0.928. The van der Waals surface area contributed by atoms with Crippen LogP contribution in [-0.4, -0.2) is 35.0 Å². The smallest absolute Gasteiger partial charge is 0.309 e. The highest BCUT2D eigenvalue weighted by Crippen LogP contribution is 2.34. The third-order valence-electron chi connectivity index (χ3n) is 4.70. The molecule has 1 heterocycles. The van der Waals surface area contributed by atoms with Gasteiger partial charge in [0.25, 0.3) is 0 Å². The summed E-state index contributed by atoms with van der Waals surface area (Å²) in [6.45, 7) is 4.15. The van der Waals surface area contributed by atoms with Crippen molar-refractivity contribution in [2.24, 2.45) is 11.3 Å². The standard InChI is InChI=1S/C17H21F2NO3/c1-17(2,16(22)23)12-4-3-7-20(10-12)15(21)9-11-8-13(18)5-6-14(11)19/h5-6,8,12H,3-4,7,9-10H2,1-2H3,(H,22,23)/t12-/m1/s1. The monoisotopic (exact) mass is 325 g/mol. The molecule has 0 saturated carbocycles. The number of aliphatic carboxylic acids is 1. The normalized spacial score (nSPS) is 18.8. The van der Waals surface area contributed by atoms with Crippen LogP contribution in [0.25, 0.3) is 0 Å². The predicted molar refractivity (Wildman–Crippen MR) is 80.8 cm³/mol. The number of benzene rings is 1. The zero-order valence-electron chi connectivity index (χ0n) is 13.3. The lowest BCUT2D eigenvalue weighted by atomic mass is 9.74. The van der Waals surface area contributed by atoms with E-state index in [2.05, 4.69) is 0 Å². The van der Waals surface area contributed by atoms with Gasteiger partial charge in [-0.15, -0.1) is 0 Å². The average molecular weight is 325 g/mol. The van der Waals surface area contributed by atoms with Gasteiger partial charge in [0.1, 0.15) is 11.6 Å². The van der Waals surface area contributed by atoms with Gasteiger partial charge < -0.3 is 10.0 Å². The number of piperidine rings is 1. The molecule has 0 aliphatic carbocycles. The van der Waals surface area contributed by atoms with Crippen LogP contribution >= 0.6 is 0 Å². The molecule has 0 radical (unpaired) electrons. The Morgan fingerprint density at radius 2 is 2.04 bits per heavy atom. The van der Waals surface area contributed by atoms with Crippen molar-refractivity contribution in [3.63, 3.8) is 0 Å². The lowest BCUT2D eigenvalue weighted by Gasteiger charge is -2.39. The molecule has 1 fully saturated rings. The molecule has 0 bridgehead atoms. The van der Waals surface area contributed by atoms with Crippen molar-refractivity contribution in [2.75, 3.05) is 13.1 Å². The summed E-state index contributed by atoms with van der Waals surface area (Å²) in [6.07, 6.45) is 1.22. The van der Waals surface area contributed by atoms with Gasteiger partial charge >= 0.3 is 5.97 Å². The molecule has 126 valence electrons. The van der Waals surface area contributed by atoms with Crippen molar-refractivity contribution in [2.45, 2.75) is 33.1 Å². The number of hydrogen-bond donors (Lipinski definition) is 1. The van der Waals surface area contributed by atoms with Gasteiger partial charge in [-0.25, -0.2) is 8.78 Å². The number of carboxylic acid groups (broad SMARTS) is 1. The number of carbonyl (C=O) groups is 2. The summed E-state index contributed by atoms with van der Waals surface area (Å²) in [7, 11) is 0. The molecule has 0 spiro atoms. The third kappa shape index (κ3) is 3.86. The van der Waals surface area contributed by atoms with Crippen molar-refractivity contribution in [3.8, 4) is 0 Å². The van der Waals surface area contributed by atoms with Crippen molar-refractivity contribution in [3.05, 3.63) is 35.4 Å². The number of likely N-dealkylation sites (tertiary alicyclic amines) is 1. The van der Waals surface area contributed by atoms with E-state index in [1.807, 2.05) is 0 Å². The summed E-state index contributed by atoms with van der Waals surface area (Å²) in [5, 5.41) is 9.33. The Morgan fingerprint density at radius 1 is 1.35 bits per heavy atom. The van der Waals surface area contributed by atoms with Crippen molar-refractivity contribution >= 4 is 11.9 Å². The molecule has 1 aliphatic rings. The molecule has 23 heavy (non-hydrogen) atoms. The van der Waals surface area contributed by atoms with Gasteiger partial charge in [-0.1, -0.05) is 0 Å². The number of hydrogen-bond acceptors (Lipinski definition) is 2. The van der Waals surface area contributed by atoms with Crippen LogP contribution in [-0.2, 0) is 16.0 Å². The van der Waals surface area contributed by atoms with E-state index in [0.29, 0.717) is 19.5 Å². The summed E-state index contributed by atoms with van der Waals surface area (Å²) in [5.74, 6) is -2.56. The molecule has 2 rings (SSSR count). The second-order valence-electron chi connectivity index (χ2n) is 6.62. The summed E-state index contributed by atoms with van der Waals surface area (Å²) < 4.78 is 26.8. The van der Waals surface area contributed by atoms with Gasteiger partial charge in [0.15, 0.2) is 0 Å². The maximum atomic E-state index is 13.7. The molecule has 1 aromatic carbocycles. The van der Waals surface area contributed by atoms with Crippen LogP contribution in [0.2, 0.25) is 0 Å². The molecule has 1 N–H and O–H groups in total. The van der Waals surface area contributed by atoms with E-state index in [1.54, 1.807) is 18.7 Å². The van der Waals surface area contributed by atoms with Gasteiger partial charge in [0.2, 0.25) is 5.91 Å². The number of rotatable bonds is 4. The SMILES string of the molecule is CC(C)(C(=O)O)[C@@H]1CCCN(C(=O)Cc2cc(F)ccc2F)C1. The Labute approximate surface area is 134 Å². The van der Waals surface area contributed by atoms with Crippen molar-refractivity contribution in [1.82, 2.24) is 4.90 Å². The lowest BCUT2D eigenvalue weighted by molar-refractivity contribution is -0.153. The van der Waals surface area contributed by atoms with E-state index in [4.69, 9.17) is 0 Å². The van der Waals surface area contributed by atoms with Crippen LogP contribution in [0, 0.1) is 23.0 Å². The highest BCUT2D eigenvalue weighted by molar-refractivity contribution is 5.79. The first kappa shape index (κ1) is 17.4. The number of nitrogens with zero attached hydrogens (tertiary/aromatic N) is 1. The molecule has 0 aromatic heterocycles. The van der Waals surface area contributed by atoms with Gasteiger partial charge in [-0.05, 0) is 50.8 Å². The van der Waals surface area contributed by atoms with Crippen molar-refractivity contribution < 1.29 is 23.5 Å². The molecule has 1 saturated heterocycles. The highest BCUT2D eigenvalue weighted by atomic mass is 19.1. The van der Waals surface area contributed by atoms with Gasteiger partial charge in [0, 0.05) is 18.7 Å². The molecular formula is C17H21F2NO3. The summed E-state index contributed by atoms with van der Waals surface area (Å²) in [6, 6.07) is 3.04. The summed E-state index contributed by atoms with van der Waals surface area (Å²) >= 11 is 0. The van der Waals surface area contributed by atoms with E-state index in [0.717, 1.165) is 24.6 Å². The van der Waals surface area contributed by atoms with Crippen LogP contribution in [0.1, 0.15) is 32.3 Å². The first-order valence-electron chi connectivity index (χ1n) is 7.67. The Hall–Kier alpha value is -1.98. The summed E-state index contributed by atoms with van der Waals surface area (Å²) in [4.78, 5) is 25.3. The second-order valence-corrected chi connectivity index (χ2v) is 6.62. The number of halogens is 2. The maximum Gasteiger partial charge on any atom is 0.309 e. The van der Waals surface area contributed by atoms with Crippen LogP contribution in [0.15, 0.2) is 18.2 Å². The van der Waals surface area contributed by atoms with Gasteiger partial charge in [-0.2, -0.15) is 0 Å². The quantitative estimate of drug-likeness (QED) is 0.926. The molecule has 1 amide bonds. The minimum Gasteiger partial charge on any atom is -0.481 e. The van der Waals surface area contributed by atoms with E-state index in [1.165, 1.54) is 0 Å². The minimum absolute atomic E-state index is 0.0228. The second kappa shape index (κ2) is 6.64. The topological polar surface area (TPSA) is 57.6 Å². The van der Waals surface area contributed by atoms with Crippen LogP contribution < -0.4 is 0 Å². The van der Waals surface area contributed by atoms with Crippen LogP contribution in [0.4, 0.5) is 8.78 Å². The Balaban J connectivity index is 2.08. The molecule has 6 heteroatoms. The molecule has 4 nitrogen and oxygen atoms in total. The summed E-state index contributed by atoms with van der Waals surface area (Å²) in [5.41, 5.74) is -0.905. The largest absolute Gasteiger partial charge is 0.481 e. The van der Waals surface area contributed by atoms with Crippen LogP contribution in [0.3, 0.4) is 0 Å². The highest BCUT2D eigenvalue weighted by Gasteiger charge is 2.39. The first-order chi connectivity index (χ1) is 10.7. The van der Waals surface area contributed by atoms with Crippen molar-refractivity contribution in [1.29, 1.82) is 0 Å². The van der Waals surface area contributed by atoms with Gasteiger partial charge in [0.05, 0.1) is 11.8 Å². The Morgan fingerprint density at radius 3 is 2.70 bits per heavy atom. The zero-order valence-corrected chi connectivity index (χ0v) is 13.3. The lowest BCUT2D eigenvalue weighted by Crippen LogP contribution is -2.47. The molecule has 1 atom stereocenters. The van der Waals surface area contributed by atoms with Gasteiger partial charge in [-0.3, -0.25) is 9.59 Å². The molecule has 0 unspecified atom stereocenters. The first-order valence-corrected chi connectivity index (χ1v) is 7.67. The molecular weight excluding hydrogens is 304 g/mol. The Bertz CT molecular complexity index is 616. The molecule has 1 aromatic rings. The van der Waals surface area contributed by atoms with E-state index in [-0.39, 0.29) is 23.8 Å². The maximum absolute atomic E-state index is 13.7. The van der Waals surface area contributed by atoms with E-state index in [9.17, 15) is 23.5 Å². The zero-order chi connectivity index (χ0) is 17.2. The number of carbonyl (C=O) groups excluding carboxylic acids is 1. The number of amides is 1. The molecule has 1 aliphatic heterocycles.